The number of likely N-dealkylation sites (N-methyl/N-ethyl adjacent to an activating group) is 2. The van der Waals surface area contributed by atoms with E-state index in [-0.39, 0.29) is 33.6 Å². The number of nitrogens with zero attached hydrogens (tertiary/aromatic N) is 4. The van der Waals surface area contributed by atoms with Crippen molar-refractivity contribution >= 4 is 37.3 Å². The number of urea groups is 2. The van der Waals surface area contributed by atoms with Crippen molar-refractivity contribution < 1.29 is 9.59 Å². The fourth-order valence-electron chi connectivity index (χ4n) is 5.41. The lowest BCUT2D eigenvalue weighted by atomic mass is 9.85. The molecule has 2 fully saturated rings. The van der Waals surface area contributed by atoms with Crippen LogP contribution >= 0.6 is 25.3 Å². The van der Waals surface area contributed by atoms with Crippen LogP contribution in [0.15, 0.2) is 0 Å². The number of amides is 4. The molecule has 0 aromatic heterocycles. The SMILES string of the molecule is CCN1CC(S)N(CC(C)(C)CCCCCCCCCC(C)(C)CN2C(=O)N(CC)CC2S)C1=O. The molecule has 0 N–H and O–H groups in total. The molecule has 8 heteroatoms. The van der Waals surface area contributed by atoms with Crippen LogP contribution in [0.1, 0.15) is 99.3 Å². The van der Waals surface area contributed by atoms with Gasteiger partial charge in [0.2, 0.25) is 0 Å². The summed E-state index contributed by atoms with van der Waals surface area (Å²) in [4.78, 5) is 32.7. The van der Waals surface area contributed by atoms with Crippen molar-refractivity contribution in [3.8, 4) is 0 Å². The van der Waals surface area contributed by atoms with E-state index in [1.807, 2.05) is 33.4 Å². The molecule has 35 heavy (non-hydrogen) atoms. The van der Waals surface area contributed by atoms with Crippen LogP contribution in [0.3, 0.4) is 0 Å². The van der Waals surface area contributed by atoms with Crippen LogP contribution in [0, 0.1) is 10.8 Å². The Hall–Kier alpha value is -0.760. The van der Waals surface area contributed by atoms with Crippen LogP contribution < -0.4 is 0 Å². The summed E-state index contributed by atoms with van der Waals surface area (Å²) < 4.78 is 0. The molecule has 0 bridgehead atoms. The molecule has 2 atom stereocenters. The Morgan fingerprint density at radius 3 is 1.26 bits per heavy atom. The number of thiol groups is 2. The zero-order valence-electron chi connectivity index (χ0n) is 23.3. The number of carbonyl (C=O) groups is 2. The van der Waals surface area contributed by atoms with Gasteiger partial charge < -0.3 is 19.6 Å². The average molecular weight is 529 g/mol. The molecule has 0 saturated carbocycles. The van der Waals surface area contributed by atoms with Gasteiger partial charge in [-0.2, -0.15) is 25.3 Å². The Morgan fingerprint density at radius 2 is 0.971 bits per heavy atom. The molecule has 0 aromatic carbocycles. The third-order valence-corrected chi connectivity index (χ3v) is 8.57. The summed E-state index contributed by atoms with van der Waals surface area (Å²) in [6.07, 6.45) is 11.1. The first kappa shape index (κ1) is 30.5. The molecule has 2 aliphatic rings. The van der Waals surface area contributed by atoms with E-state index in [1.54, 1.807) is 0 Å². The van der Waals surface area contributed by atoms with E-state index >= 15 is 0 Å². The molecule has 0 spiro atoms. The van der Waals surface area contributed by atoms with Crippen LogP contribution in [0.4, 0.5) is 9.59 Å². The first-order chi connectivity index (χ1) is 16.4. The van der Waals surface area contributed by atoms with Gasteiger partial charge in [-0.15, -0.1) is 0 Å². The minimum atomic E-state index is 0.0212. The number of unbranched alkanes of at least 4 members (excludes halogenated alkanes) is 6. The highest BCUT2D eigenvalue weighted by Gasteiger charge is 2.38. The van der Waals surface area contributed by atoms with Crippen LogP contribution in [0.5, 0.6) is 0 Å². The third-order valence-electron chi connectivity index (χ3n) is 7.69. The van der Waals surface area contributed by atoms with Gasteiger partial charge in [-0.1, -0.05) is 72.6 Å². The predicted molar refractivity (Wildman–Crippen MR) is 153 cm³/mol. The molecule has 6 nitrogen and oxygen atoms in total. The molecule has 0 aliphatic carbocycles. The molecule has 2 aliphatic heterocycles. The maximum atomic E-state index is 12.5. The van der Waals surface area contributed by atoms with Gasteiger partial charge in [0.05, 0.1) is 23.8 Å². The number of carbonyl (C=O) groups excluding carboxylic acids is 2. The van der Waals surface area contributed by atoms with Gasteiger partial charge >= 0.3 is 12.1 Å². The molecule has 2 unspecified atom stereocenters. The van der Waals surface area contributed by atoms with Crippen LogP contribution in [-0.2, 0) is 0 Å². The van der Waals surface area contributed by atoms with E-state index in [9.17, 15) is 9.59 Å². The maximum absolute atomic E-state index is 12.5. The predicted octanol–water partition coefficient (Wildman–Crippen LogP) is 6.58. The molecule has 0 radical (unpaired) electrons. The minimum absolute atomic E-state index is 0.0212. The highest BCUT2D eigenvalue weighted by atomic mass is 32.1. The monoisotopic (exact) mass is 528 g/mol. The van der Waals surface area contributed by atoms with E-state index in [0.717, 1.165) is 52.1 Å². The van der Waals surface area contributed by atoms with Crippen molar-refractivity contribution in [1.82, 2.24) is 19.6 Å². The number of hydrogen-bond acceptors (Lipinski definition) is 4. The second-order valence-corrected chi connectivity index (χ2v) is 13.4. The van der Waals surface area contributed by atoms with E-state index in [2.05, 4.69) is 53.0 Å². The zero-order chi connectivity index (χ0) is 26.2. The summed E-state index contributed by atoms with van der Waals surface area (Å²) in [6, 6.07) is 0.285. The van der Waals surface area contributed by atoms with Crippen LogP contribution in [0.25, 0.3) is 0 Å². The lowest BCUT2D eigenvalue weighted by Crippen LogP contribution is -2.40. The van der Waals surface area contributed by atoms with Gasteiger partial charge in [0.25, 0.3) is 0 Å². The summed E-state index contributed by atoms with van der Waals surface area (Å²) in [5, 5.41) is 0.0424. The summed E-state index contributed by atoms with van der Waals surface area (Å²) in [5.41, 5.74) is 0.256. The lowest BCUT2D eigenvalue weighted by Gasteiger charge is -2.32. The fourth-order valence-corrected chi connectivity index (χ4v) is 6.17. The Kier molecular flexibility index (Phi) is 11.9. The van der Waals surface area contributed by atoms with Gasteiger partial charge in [-0.3, -0.25) is 0 Å². The van der Waals surface area contributed by atoms with Crippen molar-refractivity contribution in [2.45, 2.75) is 110 Å². The van der Waals surface area contributed by atoms with E-state index in [1.165, 1.54) is 44.9 Å². The van der Waals surface area contributed by atoms with Crippen molar-refractivity contribution in [3.63, 3.8) is 0 Å². The summed E-state index contributed by atoms with van der Waals surface area (Å²) >= 11 is 9.28. The van der Waals surface area contributed by atoms with Gasteiger partial charge in [-0.05, 0) is 37.5 Å². The quantitative estimate of drug-likeness (QED) is 0.176. The highest BCUT2D eigenvalue weighted by Crippen LogP contribution is 2.31. The lowest BCUT2D eigenvalue weighted by molar-refractivity contribution is 0.164. The second-order valence-electron chi connectivity index (χ2n) is 12.2. The third kappa shape index (κ3) is 9.24. The molecular weight excluding hydrogens is 476 g/mol. The van der Waals surface area contributed by atoms with Crippen molar-refractivity contribution in [1.29, 1.82) is 0 Å². The summed E-state index contributed by atoms with van der Waals surface area (Å²) in [6.45, 7) is 17.7. The molecule has 0 aromatic rings. The topological polar surface area (TPSA) is 47.1 Å². The van der Waals surface area contributed by atoms with Crippen LogP contribution in [0.2, 0.25) is 0 Å². The van der Waals surface area contributed by atoms with Crippen LogP contribution in [-0.4, -0.2) is 81.7 Å². The molecule has 4 amide bonds. The Bertz CT molecular complexity index is 632. The van der Waals surface area contributed by atoms with E-state index in [0.29, 0.717) is 0 Å². The van der Waals surface area contributed by atoms with Gasteiger partial charge in [0, 0.05) is 26.2 Å². The Balaban J connectivity index is 1.54. The average Bonchev–Trinajstić information content (AvgIpc) is 3.21. The molecular formula is C27H52N4O2S2. The van der Waals surface area contributed by atoms with Crippen molar-refractivity contribution in [2.75, 3.05) is 39.3 Å². The molecule has 2 heterocycles. The summed E-state index contributed by atoms with van der Waals surface area (Å²) in [5.74, 6) is 0. The first-order valence-corrected chi connectivity index (χ1v) is 14.9. The standard InChI is InChI=1S/C27H52N4O2S2/c1-7-28-18-22(34)30(24(28)32)20-26(3,4)16-14-12-10-9-11-13-15-17-27(5,6)21-31-23(35)19-29(8-2)25(31)33/h22-23,34-35H,7-21H2,1-6H3. The van der Waals surface area contributed by atoms with Crippen molar-refractivity contribution in [3.05, 3.63) is 0 Å². The Morgan fingerprint density at radius 1 is 0.657 bits per heavy atom. The largest absolute Gasteiger partial charge is 0.322 e. The number of hydrogen-bond donors (Lipinski definition) is 2. The van der Waals surface area contributed by atoms with Gasteiger partial charge in [-0.25, -0.2) is 9.59 Å². The first-order valence-electron chi connectivity index (χ1n) is 13.9. The molecule has 2 rings (SSSR count). The minimum Gasteiger partial charge on any atom is -0.322 e. The highest BCUT2D eigenvalue weighted by molar-refractivity contribution is 7.81. The van der Waals surface area contributed by atoms with Gasteiger partial charge in [0.15, 0.2) is 0 Å². The Labute approximate surface area is 226 Å². The molecule has 204 valence electrons. The van der Waals surface area contributed by atoms with E-state index in [4.69, 9.17) is 0 Å². The van der Waals surface area contributed by atoms with E-state index < -0.39 is 0 Å². The maximum Gasteiger partial charge on any atom is 0.321 e. The van der Waals surface area contributed by atoms with Crippen molar-refractivity contribution in [2.24, 2.45) is 10.8 Å². The number of rotatable bonds is 16. The second kappa shape index (κ2) is 13.7. The smallest absolute Gasteiger partial charge is 0.321 e. The molecule has 2 saturated heterocycles. The zero-order valence-corrected chi connectivity index (χ0v) is 25.0. The summed E-state index contributed by atoms with van der Waals surface area (Å²) in [7, 11) is 0. The van der Waals surface area contributed by atoms with Gasteiger partial charge in [0.1, 0.15) is 0 Å². The normalized spacial score (nSPS) is 21.7. The fraction of sp³-hybridized carbons (Fsp3) is 0.926.